The maximum absolute atomic E-state index is 6.72. The molecule has 0 saturated heterocycles. The van der Waals surface area contributed by atoms with Gasteiger partial charge in [0.15, 0.2) is 0 Å². The molecule has 0 spiro atoms. The Balaban J connectivity index is 0.000000212. The van der Waals surface area contributed by atoms with Crippen LogP contribution in [-0.2, 0) is 0 Å². The fourth-order valence-corrected chi connectivity index (χ4v) is 3.90. The Morgan fingerprint density at radius 2 is 0.744 bits per heavy atom. The molecule has 0 unspecified atom stereocenters. The van der Waals surface area contributed by atoms with Crippen molar-refractivity contribution in [2.24, 2.45) is 0 Å². The summed E-state index contributed by atoms with van der Waals surface area (Å²) in [6.07, 6.45) is 0. The Hall–Kier alpha value is -2.22. The fourth-order valence-electron chi connectivity index (χ4n) is 3.90. The molecule has 0 aromatic heterocycles. The van der Waals surface area contributed by atoms with E-state index in [2.05, 4.69) is 121 Å². The van der Waals surface area contributed by atoms with Gasteiger partial charge in [0.05, 0.1) is 0 Å². The topological polar surface area (TPSA) is 47.6 Å². The molecule has 0 aliphatic carbocycles. The molecule has 6 rings (SSSR count). The largest absolute Gasteiger partial charge is 2.00 e. The first-order chi connectivity index (χ1) is 18.3. The summed E-state index contributed by atoms with van der Waals surface area (Å²) in [5, 5.41) is 18.7. The third kappa shape index (κ3) is 11.4. The monoisotopic (exact) mass is 688 g/mol. The number of hydrogen-bond donors (Lipinski definition) is 0. The maximum Gasteiger partial charge on any atom is 2.00 e. The van der Waals surface area contributed by atoms with Crippen LogP contribution in [0.2, 0.25) is 26.2 Å². The van der Waals surface area contributed by atoms with Crippen LogP contribution in [-0.4, -0.2) is 17.9 Å². The van der Waals surface area contributed by atoms with E-state index < -0.39 is 17.9 Å². The number of fused-ring (bicyclic) bond motifs is 2. The van der Waals surface area contributed by atoms with Gasteiger partial charge < -0.3 is 10.8 Å². The predicted molar refractivity (Wildman–Crippen MR) is 176 cm³/mol. The molecule has 0 saturated carbocycles. The average molecular weight is 688 g/mol. The third-order valence-electron chi connectivity index (χ3n) is 5.45. The van der Waals surface area contributed by atoms with Crippen molar-refractivity contribution in [1.82, 2.24) is 0 Å². The summed E-state index contributed by atoms with van der Waals surface area (Å²) in [6.45, 7) is 7.89. The van der Waals surface area contributed by atoms with E-state index >= 15 is 0 Å². The molecule has 0 aliphatic rings. The van der Waals surface area contributed by atoms with Crippen LogP contribution < -0.4 is 0 Å². The van der Waals surface area contributed by atoms with Gasteiger partial charge in [-0.2, -0.15) is 0 Å². The zero-order valence-electron chi connectivity index (χ0n) is 23.2. The van der Waals surface area contributed by atoms with E-state index in [9.17, 15) is 0 Å². The molecule has 0 radical (unpaired) electrons. The van der Waals surface area contributed by atoms with Crippen molar-refractivity contribution in [3.8, 4) is 22.3 Å². The Morgan fingerprint density at radius 1 is 0.462 bits per heavy atom. The normalized spacial score (nSPS) is 10.1. The van der Waals surface area contributed by atoms with Crippen LogP contribution in [0.4, 0.5) is 0 Å². The molecule has 0 heterocycles. The first-order valence-corrected chi connectivity index (χ1v) is 18.9. The number of nitrogens with one attached hydrogen (secondary N) is 2. The van der Waals surface area contributed by atoms with Gasteiger partial charge in [-0.05, 0) is 0 Å². The van der Waals surface area contributed by atoms with Crippen LogP contribution in [0.25, 0.3) is 54.6 Å². The first kappa shape index (κ1) is 33.0. The molecule has 0 bridgehead atoms. The second kappa shape index (κ2) is 17.5. The smallest absolute Gasteiger partial charge is 0.682 e. The maximum atomic E-state index is 6.72. The zero-order valence-corrected chi connectivity index (χ0v) is 27.8. The van der Waals surface area contributed by atoms with Gasteiger partial charge >= 0.3 is 39.9 Å². The first-order valence-electron chi connectivity index (χ1n) is 13.2. The van der Waals surface area contributed by atoms with E-state index in [0.717, 1.165) is 0 Å². The zero-order chi connectivity index (χ0) is 27.3. The van der Waals surface area contributed by atoms with Gasteiger partial charge in [0.1, 0.15) is 0 Å². The van der Waals surface area contributed by atoms with E-state index in [1.807, 2.05) is 38.3 Å². The quantitative estimate of drug-likeness (QED) is 0.129. The Morgan fingerprint density at radius 3 is 1.05 bits per heavy atom. The third-order valence-corrected chi connectivity index (χ3v) is 5.45. The summed E-state index contributed by atoms with van der Waals surface area (Å²) in [5.74, 6) is 0. The molecule has 0 fully saturated rings. The van der Waals surface area contributed by atoms with Gasteiger partial charge in [-0.3, -0.25) is 0 Å². The van der Waals surface area contributed by atoms with Gasteiger partial charge in [-0.15, -0.1) is 69.1 Å². The molecule has 5 heteroatoms. The summed E-state index contributed by atoms with van der Waals surface area (Å²) in [7, 11) is -1.78. The minimum absolute atomic E-state index is 0. The minimum atomic E-state index is -0.889. The van der Waals surface area contributed by atoms with E-state index in [-0.39, 0.29) is 39.9 Å². The van der Waals surface area contributed by atoms with Crippen molar-refractivity contribution in [3.63, 3.8) is 0 Å². The van der Waals surface area contributed by atoms with Crippen molar-refractivity contribution >= 4 is 39.5 Å². The van der Waals surface area contributed by atoms with Crippen LogP contribution in [0.15, 0.2) is 133 Å². The second-order valence-corrected chi connectivity index (χ2v) is 14.4. The van der Waals surface area contributed by atoms with Crippen LogP contribution in [0.3, 0.4) is 0 Å². The van der Waals surface area contributed by atoms with Gasteiger partial charge in [0, 0.05) is 0 Å². The number of hydrogen-bond acceptors (Lipinski definition) is 0. The van der Waals surface area contributed by atoms with Crippen molar-refractivity contribution in [2.45, 2.75) is 26.2 Å². The van der Waals surface area contributed by atoms with Crippen molar-refractivity contribution in [2.75, 3.05) is 0 Å². The van der Waals surface area contributed by atoms with Crippen LogP contribution >= 0.6 is 0 Å². The molecule has 2 N–H and O–H groups in total. The van der Waals surface area contributed by atoms with Crippen molar-refractivity contribution in [3.05, 3.63) is 144 Å². The Kier molecular flexibility index (Phi) is 14.8. The van der Waals surface area contributed by atoms with E-state index in [0.29, 0.717) is 0 Å². The summed E-state index contributed by atoms with van der Waals surface area (Å²) in [5.41, 5.74) is 5.18. The van der Waals surface area contributed by atoms with Crippen molar-refractivity contribution in [1.29, 1.82) is 0 Å². The van der Waals surface area contributed by atoms with Crippen molar-refractivity contribution < 1.29 is 39.9 Å². The van der Waals surface area contributed by atoms with Crippen LogP contribution in [0.1, 0.15) is 0 Å². The Labute approximate surface area is 269 Å². The minimum Gasteiger partial charge on any atom is -0.682 e. The molecule has 39 heavy (non-hydrogen) atoms. The molecule has 6 aromatic rings. The number of benzene rings is 4. The molecule has 202 valence electrons. The summed E-state index contributed by atoms with van der Waals surface area (Å²) in [6, 6.07) is 46.9. The van der Waals surface area contributed by atoms with Gasteiger partial charge in [0.2, 0.25) is 0 Å². The number of rotatable bonds is 2. The predicted octanol–water partition coefficient (Wildman–Crippen LogP) is 10.5. The van der Waals surface area contributed by atoms with Gasteiger partial charge in [-0.1, -0.05) is 152 Å². The summed E-state index contributed by atoms with van der Waals surface area (Å²) >= 11 is 0. The van der Waals surface area contributed by atoms with E-state index in [4.69, 9.17) is 10.8 Å². The molecular formula is C34H38GdN2Si2-2. The van der Waals surface area contributed by atoms with E-state index in [1.165, 1.54) is 43.8 Å². The molecule has 2 nitrogen and oxygen atoms in total. The SMILES string of the molecule is C[SiH](C)[NH-].C[SiH](C)[NH-].[Gd+2].c1ccc(-c2cc3ccccc3[cH-]2)cc1.c1ccc(-c2cc3ccccc3[cH-]2)cc1. The van der Waals surface area contributed by atoms with Crippen LogP contribution in [0, 0.1) is 39.9 Å². The van der Waals surface area contributed by atoms with Gasteiger partial charge in [-0.25, -0.2) is 0 Å². The fraction of sp³-hybridized carbons (Fsp3) is 0.118. The molecule has 0 aliphatic heterocycles. The molecule has 6 aromatic carbocycles. The van der Waals surface area contributed by atoms with Crippen LogP contribution in [0.5, 0.6) is 0 Å². The van der Waals surface area contributed by atoms with E-state index in [1.54, 1.807) is 0 Å². The second-order valence-electron chi connectivity index (χ2n) is 9.79. The molecule has 0 atom stereocenters. The molecular weight excluding hydrogens is 650 g/mol. The average Bonchev–Trinajstić information content (AvgIpc) is 3.54. The van der Waals surface area contributed by atoms with Gasteiger partial charge in [0.25, 0.3) is 0 Å². The summed E-state index contributed by atoms with van der Waals surface area (Å²) < 4.78 is 0. The standard InChI is InChI=1S/2C15H11.2C2H8NSi.Gd/c2*1-2-6-12(7-3-1)15-10-13-8-4-5-9-14(13)11-15;2*1-4(2)3;/h2*1-11H;2*3-4H,1-2H3;/q4*-1;+2. The Bertz CT molecular complexity index is 1300. The summed E-state index contributed by atoms with van der Waals surface area (Å²) in [4.78, 5) is 0. The molecule has 0 amide bonds.